The molecular formula is C20H34IN3O. The first-order chi connectivity index (χ1) is 11.4. The first-order valence-electron chi connectivity index (χ1n) is 9.07. The van der Waals surface area contributed by atoms with E-state index in [0.29, 0.717) is 0 Å². The zero-order chi connectivity index (χ0) is 17.6. The molecule has 1 heterocycles. The standard InChI is InChI=1S/C20H33N3O.HI/c1-6-21-18(23-19(3,4)5)22-15-20(11-13-24-14-12-20)17-10-8-7-9-16(17)2;/h7-10H,6,11-15H2,1-5H3,(H2,21,22,23);1H. The highest BCUT2D eigenvalue weighted by atomic mass is 127. The van der Waals surface area contributed by atoms with Crippen LogP contribution in [0.25, 0.3) is 0 Å². The summed E-state index contributed by atoms with van der Waals surface area (Å²) < 4.78 is 5.64. The molecule has 0 spiro atoms. The van der Waals surface area contributed by atoms with Gasteiger partial charge in [-0.3, -0.25) is 4.99 Å². The second kappa shape index (κ2) is 9.76. The molecule has 1 aliphatic rings. The summed E-state index contributed by atoms with van der Waals surface area (Å²) in [5.41, 5.74) is 2.84. The molecule has 0 amide bonds. The van der Waals surface area contributed by atoms with Gasteiger partial charge in [-0.1, -0.05) is 24.3 Å². The summed E-state index contributed by atoms with van der Waals surface area (Å²) in [6, 6.07) is 8.72. The predicted molar refractivity (Wildman–Crippen MR) is 117 cm³/mol. The van der Waals surface area contributed by atoms with Gasteiger partial charge in [0.1, 0.15) is 0 Å². The van der Waals surface area contributed by atoms with Gasteiger partial charge in [0, 0.05) is 30.7 Å². The second-order valence-corrected chi connectivity index (χ2v) is 7.78. The van der Waals surface area contributed by atoms with E-state index in [-0.39, 0.29) is 34.9 Å². The third kappa shape index (κ3) is 6.44. The molecule has 1 aliphatic heterocycles. The van der Waals surface area contributed by atoms with Crippen molar-refractivity contribution >= 4 is 29.9 Å². The Labute approximate surface area is 170 Å². The van der Waals surface area contributed by atoms with Crippen LogP contribution in [0.3, 0.4) is 0 Å². The maximum Gasteiger partial charge on any atom is 0.191 e. The first kappa shape index (κ1) is 22.2. The molecule has 2 rings (SSSR count). The topological polar surface area (TPSA) is 45.7 Å². The molecule has 5 heteroatoms. The number of aliphatic imine (C=N–C) groups is 1. The highest BCUT2D eigenvalue weighted by Crippen LogP contribution is 2.37. The Morgan fingerprint density at radius 1 is 1.20 bits per heavy atom. The fraction of sp³-hybridized carbons (Fsp3) is 0.650. The number of guanidine groups is 1. The maximum atomic E-state index is 5.64. The molecule has 0 aromatic heterocycles. The van der Waals surface area contributed by atoms with Crippen LogP contribution in [0.5, 0.6) is 0 Å². The lowest BCUT2D eigenvalue weighted by Gasteiger charge is -2.38. The molecule has 0 saturated carbocycles. The maximum absolute atomic E-state index is 5.64. The quantitative estimate of drug-likeness (QED) is 0.406. The molecule has 4 nitrogen and oxygen atoms in total. The van der Waals surface area contributed by atoms with Crippen molar-refractivity contribution < 1.29 is 4.74 Å². The molecule has 0 radical (unpaired) electrons. The van der Waals surface area contributed by atoms with Crippen LogP contribution in [0.2, 0.25) is 0 Å². The summed E-state index contributed by atoms with van der Waals surface area (Å²) in [5.74, 6) is 0.893. The molecule has 0 aliphatic carbocycles. The van der Waals surface area contributed by atoms with Crippen molar-refractivity contribution in [1.29, 1.82) is 0 Å². The third-order valence-electron chi connectivity index (χ3n) is 4.54. The highest BCUT2D eigenvalue weighted by Gasteiger charge is 2.35. The van der Waals surface area contributed by atoms with Gasteiger partial charge in [0.15, 0.2) is 5.96 Å². The Kier molecular flexibility index (Phi) is 8.68. The van der Waals surface area contributed by atoms with Crippen molar-refractivity contribution in [1.82, 2.24) is 10.6 Å². The molecule has 1 fully saturated rings. The number of halogens is 1. The van der Waals surface area contributed by atoms with Gasteiger partial charge in [0.2, 0.25) is 0 Å². The van der Waals surface area contributed by atoms with Crippen molar-refractivity contribution in [3.8, 4) is 0 Å². The van der Waals surface area contributed by atoms with Gasteiger partial charge >= 0.3 is 0 Å². The highest BCUT2D eigenvalue weighted by molar-refractivity contribution is 14.0. The number of hydrogen-bond acceptors (Lipinski definition) is 2. The van der Waals surface area contributed by atoms with Gasteiger partial charge in [0.25, 0.3) is 0 Å². The number of rotatable bonds is 4. The lowest BCUT2D eigenvalue weighted by atomic mass is 9.72. The van der Waals surface area contributed by atoms with E-state index in [2.05, 4.69) is 69.5 Å². The van der Waals surface area contributed by atoms with Crippen molar-refractivity contribution in [3.63, 3.8) is 0 Å². The van der Waals surface area contributed by atoms with E-state index in [1.165, 1.54) is 11.1 Å². The number of nitrogens with zero attached hydrogens (tertiary/aromatic N) is 1. The van der Waals surface area contributed by atoms with E-state index in [4.69, 9.17) is 9.73 Å². The Hall–Kier alpha value is -0.820. The van der Waals surface area contributed by atoms with Gasteiger partial charge in [-0.25, -0.2) is 0 Å². The molecule has 2 N–H and O–H groups in total. The molecule has 1 aromatic rings. The normalized spacial score (nSPS) is 17.6. The number of benzene rings is 1. The zero-order valence-corrected chi connectivity index (χ0v) is 18.6. The number of hydrogen-bond donors (Lipinski definition) is 2. The Morgan fingerprint density at radius 3 is 2.40 bits per heavy atom. The summed E-state index contributed by atoms with van der Waals surface area (Å²) in [6.45, 7) is 14.1. The van der Waals surface area contributed by atoms with Crippen molar-refractivity contribution in [3.05, 3.63) is 35.4 Å². The average molecular weight is 459 g/mol. The fourth-order valence-electron chi connectivity index (χ4n) is 3.34. The van der Waals surface area contributed by atoms with E-state index < -0.39 is 0 Å². The van der Waals surface area contributed by atoms with Gasteiger partial charge in [0.05, 0.1) is 6.54 Å². The van der Waals surface area contributed by atoms with Gasteiger partial charge < -0.3 is 15.4 Å². The minimum Gasteiger partial charge on any atom is -0.381 e. The summed E-state index contributed by atoms with van der Waals surface area (Å²) in [6.07, 6.45) is 2.05. The van der Waals surface area contributed by atoms with Crippen molar-refractivity contribution in [2.45, 2.75) is 58.4 Å². The minimum absolute atomic E-state index is 0. The van der Waals surface area contributed by atoms with Crippen LogP contribution in [0, 0.1) is 6.92 Å². The van der Waals surface area contributed by atoms with Crippen LogP contribution in [0.15, 0.2) is 29.3 Å². The fourth-order valence-corrected chi connectivity index (χ4v) is 3.34. The lowest BCUT2D eigenvalue weighted by Crippen LogP contribution is -2.48. The Morgan fingerprint density at radius 2 is 1.84 bits per heavy atom. The van der Waals surface area contributed by atoms with E-state index in [1.54, 1.807) is 0 Å². The summed E-state index contributed by atoms with van der Waals surface area (Å²) in [5, 5.41) is 6.86. The van der Waals surface area contributed by atoms with E-state index in [1.807, 2.05) is 0 Å². The summed E-state index contributed by atoms with van der Waals surface area (Å²) in [7, 11) is 0. The largest absolute Gasteiger partial charge is 0.381 e. The summed E-state index contributed by atoms with van der Waals surface area (Å²) in [4.78, 5) is 4.95. The number of nitrogens with one attached hydrogen (secondary N) is 2. The SMILES string of the molecule is CCNC(=NCC1(c2ccccc2C)CCOCC1)NC(C)(C)C.I. The van der Waals surface area contributed by atoms with Gasteiger partial charge in [-0.15, -0.1) is 24.0 Å². The average Bonchev–Trinajstić information content (AvgIpc) is 2.53. The van der Waals surface area contributed by atoms with Crippen molar-refractivity contribution in [2.75, 3.05) is 26.3 Å². The molecule has 0 atom stereocenters. The molecule has 142 valence electrons. The molecule has 1 saturated heterocycles. The van der Waals surface area contributed by atoms with Crippen LogP contribution in [0.1, 0.15) is 51.7 Å². The Bertz CT molecular complexity index is 560. The second-order valence-electron chi connectivity index (χ2n) is 7.78. The molecular weight excluding hydrogens is 425 g/mol. The zero-order valence-electron chi connectivity index (χ0n) is 16.3. The van der Waals surface area contributed by atoms with E-state index in [0.717, 1.165) is 45.1 Å². The van der Waals surface area contributed by atoms with Gasteiger partial charge in [-0.05, 0) is 58.6 Å². The summed E-state index contributed by atoms with van der Waals surface area (Å²) >= 11 is 0. The Balaban J connectivity index is 0.00000312. The van der Waals surface area contributed by atoms with Crippen LogP contribution in [0.4, 0.5) is 0 Å². The smallest absolute Gasteiger partial charge is 0.191 e. The number of ether oxygens (including phenoxy) is 1. The minimum atomic E-state index is -0.00743. The molecule has 0 bridgehead atoms. The number of aryl methyl sites for hydroxylation is 1. The third-order valence-corrected chi connectivity index (χ3v) is 4.54. The van der Waals surface area contributed by atoms with Crippen LogP contribution >= 0.6 is 24.0 Å². The van der Waals surface area contributed by atoms with Crippen molar-refractivity contribution in [2.24, 2.45) is 4.99 Å². The first-order valence-corrected chi connectivity index (χ1v) is 9.07. The van der Waals surface area contributed by atoms with E-state index >= 15 is 0 Å². The van der Waals surface area contributed by atoms with E-state index in [9.17, 15) is 0 Å². The van der Waals surface area contributed by atoms with Crippen LogP contribution < -0.4 is 10.6 Å². The molecule has 25 heavy (non-hydrogen) atoms. The van der Waals surface area contributed by atoms with Gasteiger partial charge in [-0.2, -0.15) is 0 Å². The molecule has 0 unspecified atom stereocenters. The van der Waals surface area contributed by atoms with Crippen LogP contribution in [-0.4, -0.2) is 37.8 Å². The predicted octanol–water partition coefficient (Wildman–Crippen LogP) is 4.01. The van der Waals surface area contributed by atoms with Crippen LogP contribution in [-0.2, 0) is 10.2 Å². The lowest BCUT2D eigenvalue weighted by molar-refractivity contribution is 0.0529. The molecule has 1 aromatic carbocycles. The monoisotopic (exact) mass is 459 g/mol.